The summed E-state index contributed by atoms with van der Waals surface area (Å²) in [5, 5.41) is 15.3. The first-order chi connectivity index (χ1) is 19.1. The van der Waals surface area contributed by atoms with Crippen LogP contribution in [0.4, 0.5) is 0 Å². The van der Waals surface area contributed by atoms with E-state index in [1.54, 1.807) is 6.20 Å². The van der Waals surface area contributed by atoms with Crippen LogP contribution in [0.15, 0.2) is 133 Å². The Morgan fingerprint density at radius 2 is 1.28 bits per heavy atom. The minimum absolute atomic E-state index is 0.244. The maximum absolute atomic E-state index is 13.4. The first kappa shape index (κ1) is 23.5. The van der Waals surface area contributed by atoms with Gasteiger partial charge in [-0.1, -0.05) is 103 Å². The number of aromatic nitrogens is 1. The third-order valence-electron chi connectivity index (χ3n) is 8.43. The lowest BCUT2D eigenvalue weighted by atomic mass is 9.71. The van der Waals surface area contributed by atoms with E-state index < -0.39 is 23.4 Å². The van der Waals surface area contributed by atoms with Crippen molar-refractivity contribution < 1.29 is 14.7 Å². The fourth-order valence-electron chi connectivity index (χ4n) is 6.90. The van der Waals surface area contributed by atoms with Gasteiger partial charge in [-0.25, -0.2) is 0 Å². The van der Waals surface area contributed by atoms with E-state index in [0.717, 1.165) is 22.3 Å². The van der Waals surface area contributed by atoms with Crippen molar-refractivity contribution in [3.05, 3.63) is 155 Å². The molecule has 7 rings (SSSR count). The Labute approximate surface area is 226 Å². The van der Waals surface area contributed by atoms with Gasteiger partial charge in [-0.05, 0) is 45.5 Å². The van der Waals surface area contributed by atoms with Crippen LogP contribution in [-0.4, -0.2) is 21.9 Å². The molecule has 0 radical (unpaired) electrons. The molecule has 0 spiro atoms. The summed E-state index contributed by atoms with van der Waals surface area (Å²) in [4.78, 5) is 31.1. The van der Waals surface area contributed by atoms with Crippen molar-refractivity contribution in [2.24, 2.45) is 23.7 Å². The van der Waals surface area contributed by atoms with Crippen LogP contribution < -0.4 is 5.32 Å². The van der Waals surface area contributed by atoms with Crippen molar-refractivity contribution in [3.8, 4) is 0 Å². The molecule has 2 fully saturated rings. The van der Waals surface area contributed by atoms with E-state index in [1.165, 1.54) is 0 Å². The van der Waals surface area contributed by atoms with Crippen LogP contribution in [0.25, 0.3) is 5.57 Å². The van der Waals surface area contributed by atoms with Crippen LogP contribution in [0.5, 0.6) is 0 Å². The number of allylic oxidation sites excluding steroid dienone is 2. The average Bonchev–Trinajstić information content (AvgIpc) is 3.63. The molecule has 39 heavy (non-hydrogen) atoms. The van der Waals surface area contributed by atoms with Gasteiger partial charge in [0.25, 0.3) is 0 Å². The highest BCUT2D eigenvalue weighted by Crippen LogP contribution is 2.63. The zero-order valence-electron chi connectivity index (χ0n) is 21.1. The molecule has 1 aromatic heterocycles. The minimum Gasteiger partial charge on any atom is -0.375 e. The smallest absolute Gasteiger partial charge is 0.231 e. The van der Waals surface area contributed by atoms with Crippen molar-refractivity contribution in [1.82, 2.24) is 10.3 Å². The van der Waals surface area contributed by atoms with Crippen molar-refractivity contribution in [2.45, 2.75) is 5.60 Å². The molecule has 190 valence electrons. The fraction of sp³-hybridized carbons (Fsp3) is 0.147. The highest BCUT2D eigenvalue weighted by Gasteiger charge is 2.64. The number of carbonyl (C=O) groups is 2. The average molecular weight is 511 g/mol. The van der Waals surface area contributed by atoms with Crippen molar-refractivity contribution in [3.63, 3.8) is 0 Å². The molecule has 2 bridgehead atoms. The maximum Gasteiger partial charge on any atom is 0.231 e. The summed E-state index contributed by atoms with van der Waals surface area (Å²) in [5.74, 6) is -2.44. The number of aliphatic hydroxyl groups is 1. The van der Waals surface area contributed by atoms with E-state index in [1.807, 2.05) is 91.0 Å². The van der Waals surface area contributed by atoms with Gasteiger partial charge in [-0.3, -0.25) is 19.9 Å². The highest BCUT2D eigenvalue weighted by molar-refractivity contribution is 6.08. The Hall–Kier alpha value is -4.61. The minimum atomic E-state index is -1.58. The standard InChI is InChI=1S/C34H26N2O3/c37-32-29-24-20-25(34(39,23-16-8-3-9-17-23)26-18-10-11-19-35-26)30(31(29)33(38)36-32)28(24)27(21-12-4-1-5-13-21)22-14-6-2-7-15-22/h1-20,24,29-31,39H,(H,36,37,38)/t24?,29-,30?,31-,34?/m0/s1. The number of hydrogen-bond donors (Lipinski definition) is 2. The van der Waals surface area contributed by atoms with E-state index in [-0.39, 0.29) is 17.7 Å². The molecule has 1 aliphatic heterocycles. The molecule has 5 heteroatoms. The number of pyridine rings is 1. The van der Waals surface area contributed by atoms with Gasteiger partial charge in [0.15, 0.2) is 5.60 Å². The summed E-state index contributed by atoms with van der Waals surface area (Å²) < 4.78 is 0. The van der Waals surface area contributed by atoms with E-state index in [2.05, 4.69) is 34.6 Å². The number of imide groups is 1. The normalized spacial score (nSPS) is 24.6. The molecule has 2 amide bonds. The third kappa shape index (κ3) is 3.47. The van der Waals surface area contributed by atoms with Crippen LogP contribution in [0.1, 0.15) is 22.4 Å². The summed E-state index contributed by atoms with van der Waals surface area (Å²) in [7, 11) is 0. The number of nitrogens with zero attached hydrogens (tertiary/aromatic N) is 1. The quantitative estimate of drug-likeness (QED) is 0.296. The van der Waals surface area contributed by atoms with Gasteiger partial charge < -0.3 is 5.11 Å². The summed E-state index contributed by atoms with van der Waals surface area (Å²) in [6.45, 7) is 0. The molecule has 5 nitrogen and oxygen atoms in total. The van der Waals surface area contributed by atoms with Crippen LogP contribution in [0.3, 0.4) is 0 Å². The highest BCUT2D eigenvalue weighted by atomic mass is 16.3. The topological polar surface area (TPSA) is 79.3 Å². The summed E-state index contributed by atoms with van der Waals surface area (Å²) in [6.07, 6.45) is 3.70. The second-order valence-electron chi connectivity index (χ2n) is 10.4. The van der Waals surface area contributed by atoms with Gasteiger partial charge in [-0.15, -0.1) is 0 Å². The Balaban J connectivity index is 1.53. The first-order valence-electron chi connectivity index (χ1n) is 13.2. The zero-order valence-corrected chi connectivity index (χ0v) is 21.1. The van der Waals surface area contributed by atoms with E-state index in [4.69, 9.17) is 0 Å². The third-order valence-corrected chi connectivity index (χ3v) is 8.43. The number of carbonyl (C=O) groups excluding carboxylic acids is 2. The van der Waals surface area contributed by atoms with Gasteiger partial charge in [0, 0.05) is 18.0 Å². The first-order valence-corrected chi connectivity index (χ1v) is 13.2. The number of amides is 2. The molecule has 1 saturated heterocycles. The molecular formula is C34H26N2O3. The number of hydrogen-bond acceptors (Lipinski definition) is 4. The number of rotatable bonds is 5. The lowest BCUT2D eigenvalue weighted by Crippen LogP contribution is -2.38. The number of benzene rings is 3. The van der Waals surface area contributed by atoms with Crippen LogP contribution in [0.2, 0.25) is 0 Å². The summed E-state index contributed by atoms with van der Waals surface area (Å²) in [5.41, 5.74) is 4.30. The van der Waals surface area contributed by atoms with Gasteiger partial charge in [0.2, 0.25) is 11.8 Å². The predicted molar refractivity (Wildman–Crippen MR) is 148 cm³/mol. The lowest BCUT2D eigenvalue weighted by molar-refractivity contribution is -0.126. The molecule has 2 heterocycles. The van der Waals surface area contributed by atoms with E-state index in [0.29, 0.717) is 16.8 Å². The van der Waals surface area contributed by atoms with E-state index in [9.17, 15) is 14.7 Å². The Morgan fingerprint density at radius 3 is 1.87 bits per heavy atom. The van der Waals surface area contributed by atoms with Crippen molar-refractivity contribution in [2.75, 3.05) is 0 Å². The Morgan fingerprint density at radius 1 is 0.718 bits per heavy atom. The molecule has 2 aliphatic carbocycles. The molecule has 3 unspecified atom stereocenters. The molecule has 4 aromatic rings. The van der Waals surface area contributed by atoms with Crippen molar-refractivity contribution in [1.29, 1.82) is 0 Å². The zero-order chi connectivity index (χ0) is 26.6. The molecule has 3 aromatic carbocycles. The van der Waals surface area contributed by atoms with Crippen LogP contribution in [-0.2, 0) is 15.2 Å². The number of nitrogens with one attached hydrogen (secondary N) is 1. The van der Waals surface area contributed by atoms with Crippen molar-refractivity contribution >= 4 is 17.4 Å². The Kier molecular flexibility index (Phi) is 5.42. The molecular weight excluding hydrogens is 484 g/mol. The summed E-state index contributed by atoms with van der Waals surface area (Å²) in [6, 6.07) is 35.1. The SMILES string of the molecule is O=C1NC(=O)[C@H]2C3C=C(C(O)(c4ccccc4)c4ccccn4)C(C3=C(c3ccccc3)c3ccccc3)[C@@H]12. The van der Waals surface area contributed by atoms with Crippen LogP contribution in [0, 0.1) is 23.7 Å². The molecule has 1 saturated carbocycles. The number of fused-ring (bicyclic) bond motifs is 5. The maximum atomic E-state index is 13.4. The van der Waals surface area contributed by atoms with Crippen LogP contribution >= 0.6 is 0 Å². The van der Waals surface area contributed by atoms with Gasteiger partial charge in [0.05, 0.1) is 17.5 Å². The second-order valence-corrected chi connectivity index (χ2v) is 10.4. The fourth-order valence-corrected chi connectivity index (χ4v) is 6.90. The predicted octanol–water partition coefficient (Wildman–Crippen LogP) is 4.89. The lowest BCUT2D eigenvalue weighted by Gasteiger charge is -2.36. The molecule has 2 N–H and O–H groups in total. The monoisotopic (exact) mass is 510 g/mol. The molecule has 3 aliphatic rings. The van der Waals surface area contributed by atoms with Gasteiger partial charge in [0.1, 0.15) is 0 Å². The van der Waals surface area contributed by atoms with Gasteiger partial charge >= 0.3 is 0 Å². The summed E-state index contributed by atoms with van der Waals surface area (Å²) >= 11 is 0. The van der Waals surface area contributed by atoms with E-state index >= 15 is 0 Å². The van der Waals surface area contributed by atoms with Gasteiger partial charge in [-0.2, -0.15) is 0 Å². The molecule has 5 atom stereocenters. The Bertz CT molecular complexity index is 1550. The second kappa shape index (κ2) is 9.00. The largest absolute Gasteiger partial charge is 0.375 e.